The highest BCUT2D eigenvalue weighted by Gasteiger charge is 2.17. The fraction of sp³-hybridized carbons (Fsp3) is 0.462. The van der Waals surface area contributed by atoms with Crippen molar-refractivity contribution >= 4 is 34.2 Å². The highest BCUT2D eigenvalue weighted by molar-refractivity contribution is 14.1. The number of amides is 1. The summed E-state index contributed by atoms with van der Waals surface area (Å²) in [6, 6.07) is 7.88. The number of carbonyl (C=O) groups is 1. The number of rotatable bonds is 3. The lowest BCUT2D eigenvalue weighted by Crippen LogP contribution is -3.13. The van der Waals surface area contributed by atoms with E-state index in [-0.39, 0.29) is 5.91 Å². The molecule has 0 unspecified atom stereocenters. The Morgan fingerprint density at radius 2 is 1.94 bits per heavy atom. The minimum Gasteiger partial charge on any atom is -0.327 e. The van der Waals surface area contributed by atoms with Gasteiger partial charge < -0.3 is 10.2 Å². The quantitative estimate of drug-likeness (QED) is 0.796. The molecule has 92 valence electrons. The van der Waals surface area contributed by atoms with Crippen LogP contribution in [0.1, 0.15) is 19.3 Å². The van der Waals surface area contributed by atoms with E-state index in [2.05, 4.69) is 27.9 Å². The number of halogens is 1. The second-order valence-corrected chi connectivity index (χ2v) is 5.68. The molecule has 0 aliphatic carbocycles. The van der Waals surface area contributed by atoms with E-state index in [0.29, 0.717) is 6.54 Å². The molecule has 0 aromatic heterocycles. The fourth-order valence-electron chi connectivity index (χ4n) is 2.21. The molecule has 0 radical (unpaired) electrons. The maximum Gasteiger partial charge on any atom is 0.279 e. The minimum absolute atomic E-state index is 0.131. The number of likely N-dealkylation sites (tertiary alicyclic amines) is 1. The third-order valence-electron chi connectivity index (χ3n) is 3.12. The summed E-state index contributed by atoms with van der Waals surface area (Å²) < 4.78 is 1.09. The minimum atomic E-state index is 0.131. The van der Waals surface area contributed by atoms with Crippen LogP contribution in [-0.4, -0.2) is 25.5 Å². The summed E-state index contributed by atoms with van der Waals surface area (Å²) in [6.45, 7) is 2.88. The Hall–Kier alpha value is -0.620. The zero-order valence-corrected chi connectivity index (χ0v) is 12.0. The average Bonchev–Trinajstić information content (AvgIpc) is 2.33. The molecule has 1 aromatic rings. The van der Waals surface area contributed by atoms with Crippen molar-refractivity contribution in [1.29, 1.82) is 0 Å². The molecule has 2 rings (SSSR count). The maximum absolute atomic E-state index is 11.9. The molecule has 1 heterocycles. The van der Waals surface area contributed by atoms with E-state index in [1.807, 2.05) is 24.3 Å². The second kappa shape index (κ2) is 6.35. The van der Waals surface area contributed by atoms with Gasteiger partial charge >= 0.3 is 0 Å². The summed E-state index contributed by atoms with van der Waals surface area (Å²) in [7, 11) is 0. The smallest absolute Gasteiger partial charge is 0.279 e. The third-order valence-corrected chi connectivity index (χ3v) is 4.06. The standard InChI is InChI=1S/C13H17IN2O/c14-11-6-2-3-7-12(11)15-13(17)10-16-8-4-1-5-9-16/h2-3,6-7H,1,4-5,8-10H2,(H,15,17)/p+1. The van der Waals surface area contributed by atoms with Crippen LogP contribution >= 0.6 is 22.6 Å². The first-order valence-corrected chi connectivity index (χ1v) is 7.21. The molecule has 2 N–H and O–H groups in total. The van der Waals surface area contributed by atoms with Crippen molar-refractivity contribution in [3.63, 3.8) is 0 Å². The van der Waals surface area contributed by atoms with Crippen LogP contribution in [0, 0.1) is 3.57 Å². The number of piperidine rings is 1. The van der Waals surface area contributed by atoms with Crippen LogP contribution in [0.4, 0.5) is 5.69 Å². The van der Waals surface area contributed by atoms with Crippen molar-refractivity contribution in [1.82, 2.24) is 0 Å². The number of anilines is 1. The van der Waals surface area contributed by atoms with Gasteiger partial charge in [-0.25, -0.2) is 0 Å². The van der Waals surface area contributed by atoms with E-state index in [9.17, 15) is 4.79 Å². The zero-order chi connectivity index (χ0) is 12.1. The van der Waals surface area contributed by atoms with Gasteiger partial charge in [-0.2, -0.15) is 0 Å². The van der Waals surface area contributed by atoms with E-state index in [1.165, 1.54) is 24.2 Å². The fourth-order valence-corrected chi connectivity index (χ4v) is 2.73. The van der Waals surface area contributed by atoms with Gasteiger partial charge in [-0.3, -0.25) is 4.79 Å². The van der Waals surface area contributed by atoms with E-state index in [0.717, 1.165) is 22.3 Å². The number of hydrogen-bond acceptors (Lipinski definition) is 1. The lowest BCUT2D eigenvalue weighted by molar-refractivity contribution is -0.896. The first-order chi connectivity index (χ1) is 8.25. The summed E-state index contributed by atoms with van der Waals surface area (Å²) in [6.07, 6.45) is 3.83. The van der Waals surface area contributed by atoms with Crippen LogP contribution < -0.4 is 10.2 Å². The zero-order valence-electron chi connectivity index (χ0n) is 9.84. The van der Waals surface area contributed by atoms with Gasteiger partial charge in [0.15, 0.2) is 6.54 Å². The molecule has 1 aliphatic heterocycles. The van der Waals surface area contributed by atoms with Gasteiger partial charge in [-0.15, -0.1) is 0 Å². The van der Waals surface area contributed by atoms with Gasteiger partial charge in [0.1, 0.15) is 0 Å². The average molecular weight is 345 g/mol. The van der Waals surface area contributed by atoms with E-state index in [4.69, 9.17) is 0 Å². The predicted octanol–water partition coefficient (Wildman–Crippen LogP) is 1.30. The number of carbonyl (C=O) groups excluding carboxylic acids is 1. The van der Waals surface area contributed by atoms with Gasteiger partial charge in [0, 0.05) is 3.57 Å². The molecule has 1 aromatic carbocycles. The molecule has 0 bridgehead atoms. The Bertz CT molecular complexity index is 389. The normalized spacial score (nSPS) is 16.8. The van der Waals surface area contributed by atoms with Crippen LogP contribution in [0.25, 0.3) is 0 Å². The van der Waals surface area contributed by atoms with E-state index >= 15 is 0 Å². The van der Waals surface area contributed by atoms with Gasteiger partial charge in [-0.05, 0) is 54.0 Å². The van der Waals surface area contributed by atoms with E-state index in [1.54, 1.807) is 0 Å². The summed E-state index contributed by atoms with van der Waals surface area (Å²) in [5.74, 6) is 0.131. The highest BCUT2D eigenvalue weighted by Crippen LogP contribution is 2.16. The van der Waals surface area contributed by atoms with Crippen LogP contribution in [0.15, 0.2) is 24.3 Å². The molecule has 17 heavy (non-hydrogen) atoms. The van der Waals surface area contributed by atoms with Crippen LogP contribution in [0.5, 0.6) is 0 Å². The summed E-state index contributed by atoms with van der Waals surface area (Å²) in [5, 5.41) is 2.99. The Morgan fingerprint density at radius 1 is 1.24 bits per heavy atom. The number of hydrogen-bond donors (Lipinski definition) is 2. The number of nitrogens with one attached hydrogen (secondary N) is 2. The predicted molar refractivity (Wildman–Crippen MR) is 77.2 cm³/mol. The van der Waals surface area contributed by atoms with Gasteiger partial charge in [-0.1, -0.05) is 12.1 Å². The van der Waals surface area contributed by atoms with Crippen LogP contribution in [0.2, 0.25) is 0 Å². The first kappa shape index (κ1) is 12.8. The number of para-hydroxylation sites is 1. The SMILES string of the molecule is O=C(C[NH+]1CCCCC1)Nc1ccccc1I. The van der Waals surface area contributed by atoms with Crippen molar-refractivity contribution in [3.05, 3.63) is 27.8 Å². The molecule has 0 spiro atoms. The molecular weight excluding hydrogens is 327 g/mol. The Balaban J connectivity index is 1.86. The van der Waals surface area contributed by atoms with Crippen molar-refractivity contribution in [2.24, 2.45) is 0 Å². The summed E-state index contributed by atoms with van der Waals surface area (Å²) in [4.78, 5) is 13.3. The Labute approximate surface area is 116 Å². The topological polar surface area (TPSA) is 33.5 Å². The van der Waals surface area contributed by atoms with Gasteiger partial charge in [0.25, 0.3) is 5.91 Å². The molecule has 3 nitrogen and oxygen atoms in total. The van der Waals surface area contributed by atoms with Crippen molar-refractivity contribution in [2.45, 2.75) is 19.3 Å². The van der Waals surface area contributed by atoms with Crippen LogP contribution in [-0.2, 0) is 4.79 Å². The number of quaternary nitrogens is 1. The lowest BCUT2D eigenvalue weighted by atomic mass is 10.1. The first-order valence-electron chi connectivity index (χ1n) is 6.13. The van der Waals surface area contributed by atoms with Crippen molar-refractivity contribution in [3.8, 4) is 0 Å². The second-order valence-electron chi connectivity index (χ2n) is 4.52. The lowest BCUT2D eigenvalue weighted by Gasteiger charge is -2.22. The molecule has 1 aliphatic rings. The van der Waals surface area contributed by atoms with Crippen LogP contribution in [0.3, 0.4) is 0 Å². The molecule has 0 atom stereocenters. The number of benzene rings is 1. The molecular formula is C13H18IN2O+. The van der Waals surface area contributed by atoms with Crippen molar-refractivity contribution in [2.75, 3.05) is 25.0 Å². The largest absolute Gasteiger partial charge is 0.327 e. The maximum atomic E-state index is 11.9. The van der Waals surface area contributed by atoms with Gasteiger partial charge in [0.05, 0.1) is 18.8 Å². The van der Waals surface area contributed by atoms with Crippen molar-refractivity contribution < 1.29 is 9.69 Å². The Morgan fingerprint density at radius 3 is 2.65 bits per heavy atom. The molecule has 4 heteroatoms. The third kappa shape index (κ3) is 3.96. The molecule has 1 amide bonds. The van der Waals surface area contributed by atoms with Gasteiger partial charge in [0.2, 0.25) is 0 Å². The molecule has 1 fully saturated rings. The Kier molecular flexibility index (Phi) is 4.79. The summed E-state index contributed by atoms with van der Waals surface area (Å²) >= 11 is 2.24. The van der Waals surface area contributed by atoms with E-state index < -0.39 is 0 Å². The monoisotopic (exact) mass is 345 g/mol. The molecule has 1 saturated heterocycles. The summed E-state index contributed by atoms with van der Waals surface area (Å²) in [5.41, 5.74) is 0.925. The molecule has 0 saturated carbocycles. The highest BCUT2D eigenvalue weighted by atomic mass is 127.